The summed E-state index contributed by atoms with van der Waals surface area (Å²) >= 11 is 0. The fourth-order valence-corrected chi connectivity index (χ4v) is 13.1. The fraction of sp³-hybridized carbons (Fsp3) is 0.116. The van der Waals surface area contributed by atoms with Gasteiger partial charge in [0.1, 0.15) is 0 Å². The summed E-state index contributed by atoms with van der Waals surface area (Å²) in [5.41, 5.74) is 24.7. The van der Waals surface area contributed by atoms with Crippen molar-refractivity contribution in [3.05, 3.63) is 252 Å². The topological polar surface area (TPSA) is 27.0 Å². The molecule has 10 aromatic rings. The van der Waals surface area contributed by atoms with Crippen LogP contribution in [0, 0.1) is 11.3 Å². The van der Waals surface area contributed by atoms with Gasteiger partial charge in [-0.3, -0.25) is 0 Å². The Morgan fingerprint density at radius 3 is 1.51 bits per heavy atom. The molecule has 2 heteroatoms. The molecule has 10 aromatic carbocycles. The number of para-hydroxylation sites is 1. The zero-order valence-corrected chi connectivity index (χ0v) is 40.3. The predicted molar refractivity (Wildman–Crippen MR) is 296 cm³/mol. The lowest BCUT2D eigenvalue weighted by atomic mass is 9.79. The monoisotopic (exact) mass is 906 g/mol. The van der Waals surface area contributed by atoms with E-state index in [9.17, 15) is 5.26 Å². The molecule has 0 N–H and O–H groups in total. The van der Waals surface area contributed by atoms with E-state index in [1.165, 1.54) is 122 Å². The fourth-order valence-electron chi connectivity index (χ4n) is 13.1. The highest BCUT2D eigenvalue weighted by Crippen LogP contribution is 2.54. The van der Waals surface area contributed by atoms with Crippen molar-refractivity contribution in [2.24, 2.45) is 0 Å². The Morgan fingerprint density at radius 1 is 0.423 bits per heavy atom. The minimum Gasteiger partial charge on any atom is -0.333 e. The summed E-state index contributed by atoms with van der Waals surface area (Å²) in [4.78, 5) is 2.41. The predicted octanol–water partition coefficient (Wildman–Crippen LogP) is 17.9. The second-order valence-corrected chi connectivity index (χ2v) is 21.1. The van der Waals surface area contributed by atoms with Gasteiger partial charge in [-0.2, -0.15) is 5.26 Å². The molecule has 0 aromatic heterocycles. The van der Waals surface area contributed by atoms with Crippen molar-refractivity contribution < 1.29 is 0 Å². The summed E-state index contributed by atoms with van der Waals surface area (Å²) in [6.07, 6.45) is 6.31. The van der Waals surface area contributed by atoms with Gasteiger partial charge in [0.05, 0.1) is 12.1 Å². The number of allylic oxidation sites excluding steroid dienone is 2. The zero-order chi connectivity index (χ0) is 47.8. The molecule has 0 radical (unpaired) electrons. The number of rotatable bonds is 5. The van der Waals surface area contributed by atoms with E-state index in [1.54, 1.807) is 0 Å². The molecule has 0 saturated carbocycles. The number of benzene rings is 10. The number of hydrogen-bond acceptors (Lipinski definition) is 2. The maximum absolute atomic E-state index is 9.86. The summed E-state index contributed by atoms with van der Waals surface area (Å²) in [6.45, 7) is 9.51. The van der Waals surface area contributed by atoms with E-state index < -0.39 is 0 Å². The van der Waals surface area contributed by atoms with E-state index in [-0.39, 0.29) is 22.8 Å². The van der Waals surface area contributed by atoms with E-state index in [0.717, 1.165) is 5.69 Å². The molecule has 14 rings (SSSR count). The molecule has 0 saturated heterocycles. The zero-order valence-electron chi connectivity index (χ0n) is 40.3. The average Bonchev–Trinajstić information content (AvgIpc) is 3.95. The minimum atomic E-state index is -0.124. The van der Waals surface area contributed by atoms with Crippen molar-refractivity contribution in [3.63, 3.8) is 0 Å². The Labute approximate surface area is 416 Å². The Kier molecular flexibility index (Phi) is 8.90. The molecule has 1 heterocycles. The second kappa shape index (κ2) is 15.2. The molecule has 0 bridgehead atoms. The van der Waals surface area contributed by atoms with Crippen molar-refractivity contribution in [1.82, 2.24) is 0 Å². The lowest BCUT2D eigenvalue weighted by Gasteiger charge is -2.29. The van der Waals surface area contributed by atoms with Gasteiger partial charge < -0.3 is 4.90 Å². The summed E-state index contributed by atoms with van der Waals surface area (Å²) in [6, 6.07) is 77.7. The maximum Gasteiger partial charge on any atom is 0.0988 e. The molecule has 2 unspecified atom stereocenters. The van der Waals surface area contributed by atoms with Crippen LogP contribution in [-0.4, -0.2) is 6.04 Å². The third-order valence-electron chi connectivity index (χ3n) is 16.6. The first-order chi connectivity index (χ1) is 34.7. The molecule has 1 aliphatic heterocycles. The lowest BCUT2D eigenvalue weighted by Crippen LogP contribution is -2.29. The van der Waals surface area contributed by atoms with Crippen LogP contribution >= 0.6 is 0 Å². The lowest BCUT2D eigenvalue weighted by molar-refractivity contribution is 0.660. The molecular formula is C69H50N2. The van der Waals surface area contributed by atoms with Crippen LogP contribution in [0.4, 0.5) is 11.4 Å². The summed E-state index contributed by atoms with van der Waals surface area (Å²) < 4.78 is 0. The van der Waals surface area contributed by atoms with Crippen molar-refractivity contribution in [1.29, 1.82) is 5.26 Å². The number of anilines is 2. The van der Waals surface area contributed by atoms with Gasteiger partial charge >= 0.3 is 0 Å². The molecule has 0 spiro atoms. The van der Waals surface area contributed by atoms with Crippen molar-refractivity contribution in [2.75, 3.05) is 4.90 Å². The van der Waals surface area contributed by atoms with Crippen LogP contribution in [0.2, 0.25) is 0 Å². The smallest absolute Gasteiger partial charge is 0.0988 e. The summed E-state index contributed by atoms with van der Waals surface area (Å²) in [5, 5.41) is 14.9. The number of hydrogen-bond donors (Lipinski definition) is 0. The quantitative estimate of drug-likeness (QED) is 0.161. The van der Waals surface area contributed by atoms with E-state index in [4.69, 9.17) is 0 Å². The number of fused-ring (bicyclic) bond motifs is 11. The molecule has 336 valence electrons. The van der Waals surface area contributed by atoms with E-state index in [1.807, 2.05) is 6.08 Å². The third-order valence-corrected chi connectivity index (χ3v) is 16.6. The number of nitriles is 1. The van der Waals surface area contributed by atoms with Crippen LogP contribution in [0.25, 0.3) is 88.3 Å². The summed E-state index contributed by atoms with van der Waals surface area (Å²) in [5.74, 6) is 0.181. The van der Waals surface area contributed by atoms with Crippen LogP contribution in [0.15, 0.2) is 224 Å². The van der Waals surface area contributed by atoms with Crippen molar-refractivity contribution >= 4 is 32.9 Å². The van der Waals surface area contributed by atoms with Gasteiger partial charge in [0.25, 0.3) is 0 Å². The van der Waals surface area contributed by atoms with Gasteiger partial charge in [-0.05, 0) is 165 Å². The standard InChI is InChI=1S/C69H50N2/c1-68(2)60-20-12-10-16-50(60)52-32-29-47(38-62(52)68)66-56-18-8-9-19-57(56)67(48-30-33-53-51-17-11-13-21-61(51)69(3,4)63(53)39-48)59-37-45(28-35-58(59)66)43-23-25-44(26-24-43)46-27-34-55-54-31-22-42(41-70)36-64(54)71(65(55)40-46)49-14-6-5-7-15-49/h5-40,54,64H,1-4H3. The van der Waals surface area contributed by atoms with Gasteiger partial charge in [-0.1, -0.05) is 198 Å². The summed E-state index contributed by atoms with van der Waals surface area (Å²) in [7, 11) is 0. The van der Waals surface area contributed by atoms with Gasteiger partial charge in [-0.25, -0.2) is 0 Å². The first-order valence-electron chi connectivity index (χ1n) is 25.0. The molecule has 0 fully saturated rings. The number of nitrogens with zero attached hydrogens (tertiary/aromatic N) is 2. The van der Waals surface area contributed by atoms with Crippen LogP contribution in [0.5, 0.6) is 0 Å². The van der Waals surface area contributed by atoms with Crippen molar-refractivity contribution in [3.8, 4) is 72.8 Å². The van der Waals surface area contributed by atoms with Crippen LogP contribution in [0.3, 0.4) is 0 Å². The van der Waals surface area contributed by atoms with Gasteiger partial charge in [0.2, 0.25) is 0 Å². The third kappa shape index (κ3) is 6.06. The van der Waals surface area contributed by atoms with Crippen LogP contribution in [0.1, 0.15) is 61.4 Å². The SMILES string of the molecule is CC1(C)c2ccccc2-c2ccc(-c3c4ccccc4c(-c4ccc5c(c4)C(C)(C)c4ccccc4-5)c4cc(-c5ccc(-c6ccc7c(c6)N(c6ccccc6)C6C=C(C#N)C=CC76)cc5)ccc34)cc21. The average molecular weight is 907 g/mol. The van der Waals surface area contributed by atoms with Crippen molar-refractivity contribution in [2.45, 2.75) is 50.5 Å². The molecule has 71 heavy (non-hydrogen) atoms. The normalized spacial score (nSPS) is 17.2. The first kappa shape index (κ1) is 41.5. The van der Waals surface area contributed by atoms with Gasteiger partial charge in [0, 0.05) is 33.7 Å². The highest BCUT2D eigenvalue weighted by Gasteiger charge is 2.40. The molecular weight excluding hydrogens is 857 g/mol. The Hall–Kier alpha value is -8.51. The van der Waals surface area contributed by atoms with E-state index in [0.29, 0.717) is 5.57 Å². The van der Waals surface area contributed by atoms with E-state index >= 15 is 0 Å². The largest absolute Gasteiger partial charge is 0.333 e. The second-order valence-electron chi connectivity index (χ2n) is 21.1. The molecule has 0 amide bonds. The molecule has 3 aliphatic carbocycles. The van der Waals surface area contributed by atoms with Gasteiger partial charge in [-0.15, -0.1) is 0 Å². The maximum atomic E-state index is 9.86. The van der Waals surface area contributed by atoms with Crippen LogP contribution < -0.4 is 4.90 Å². The Bertz CT molecular complexity index is 4010. The Morgan fingerprint density at radius 2 is 0.901 bits per heavy atom. The van der Waals surface area contributed by atoms with Gasteiger partial charge in [0.15, 0.2) is 0 Å². The Balaban J connectivity index is 0.926. The molecule has 2 nitrogen and oxygen atoms in total. The highest BCUT2D eigenvalue weighted by atomic mass is 15.2. The molecule has 2 atom stereocenters. The minimum absolute atomic E-state index is 0.0476. The molecule has 4 aliphatic rings. The van der Waals surface area contributed by atoms with E-state index in [2.05, 4.69) is 251 Å². The van der Waals surface area contributed by atoms with Crippen LogP contribution in [-0.2, 0) is 10.8 Å². The highest BCUT2D eigenvalue weighted by molar-refractivity contribution is 6.22. The first-order valence-corrected chi connectivity index (χ1v) is 25.0.